The molecule has 0 radical (unpaired) electrons. The van der Waals surface area contributed by atoms with Crippen molar-refractivity contribution < 1.29 is 4.79 Å². The van der Waals surface area contributed by atoms with Crippen LogP contribution in [0, 0.1) is 0 Å². The van der Waals surface area contributed by atoms with Gasteiger partial charge in [0.1, 0.15) is 6.04 Å². The summed E-state index contributed by atoms with van der Waals surface area (Å²) in [6, 6.07) is 17.2. The Kier molecular flexibility index (Phi) is 5.34. The van der Waals surface area contributed by atoms with Crippen molar-refractivity contribution in [2.75, 3.05) is 0 Å². The average molecular weight is 354 g/mol. The first-order valence-corrected chi connectivity index (χ1v) is 9.28. The minimum Gasteiger partial charge on any atom is -0.352 e. The van der Waals surface area contributed by atoms with Gasteiger partial charge in [-0.15, -0.1) is 0 Å². The first-order valence-electron chi connectivity index (χ1n) is 8.51. The van der Waals surface area contributed by atoms with Crippen molar-refractivity contribution in [1.29, 1.82) is 0 Å². The molecule has 4 nitrogen and oxygen atoms in total. The van der Waals surface area contributed by atoms with E-state index >= 15 is 0 Å². The third-order valence-electron chi connectivity index (χ3n) is 4.34. The van der Waals surface area contributed by atoms with Crippen LogP contribution in [0.5, 0.6) is 0 Å². The number of nitrogens with zero attached hydrogens (tertiary/aromatic N) is 1. The Morgan fingerprint density at radius 1 is 1.08 bits per heavy atom. The van der Waals surface area contributed by atoms with Crippen molar-refractivity contribution >= 4 is 27.5 Å². The SMILES string of the molecule is CC(CCc1ccccc1)NC(=O)C(C)n1sc2ccccc2c1=O. The van der Waals surface area contributed by atoms with Crippen LogP contribution in [0.15, 0.2) is 59.4 Å². The summed E-state index contributed by atoms with van der Waals surface area (Å²) in [5.74, 6) is -0.116. The first kappa shape index (κ1) is 17.4. The minimum atomic E-state index is -0.510. The summed E-state index contributed by atoms with van der Waals surface area (Å²) in [7, 11) is 0. The van der Waals surface area contributed by atoms with Crippen LogP contribution in [0.3, 0.4) is 0 Å². The topological polar surface area (TPSA) is 51.1 Å². The number of amides is 1. The summed E-state index contributed by atoms with van der Waals surface area (Å²) in [5, 5.41) is 3.70. The Labute approximate surface area is 151 Å². The molecule has 0 saturated heterocycles. The third-order valence-corrected chi connectivity index (χ3v) is 5.57. The van der Waals surface area contributed by atoms with Crippen LogP contribution in [0.4, 0.5) is 0 Å². The van der Waals surface area contributed by atoms with Crippen LogP contribution in [-0.4, -0.2) is 15.9 Å². The van der Waals surface area contributed by atoms with Gasteiger partial charge in [0.25, 0.3) is 5.56 Å². The molecule has 0 fully saturated rings. The summed E-state index contributed by atoms with van der Waals surface area (Å²) in [4.78, 5) is 25.0. The number of hydrogen-bond acceptors (Lipinski definition) is 3. The molecule has 1 heterocycles. The maximum atomic E-state index is 12.5. The van der Waals surface area contributed by atoms with E-state index in [0.717, 1.165) is 17.5 Å². The van der Waals surface area contributed by atoms with E-state index in [1.807, 2.05) is 43.3 Å². The number of fused-ring (bicyclic) bond motifs is 1. The molecule has 2 atom stereocenters. The molecule has 0 spiro atoms. The lowest BCUT2D eigenvalue weighted by Gasteiger charge is -2.17. The number of carbonyl (C=O) groups excluding carboxylic acids is 1. The van der Waals surface area contributed by atoms with Gasteiger partial charge in [-0.3, -0.25) is 13.5 Å². The maximum absolute atomic E-state index is 12.5. The molecule has 130 valence electrons. The lowest BCUT2D eigenvalue weighted by atomic mass is 10.1. The van der Waals surface area contributed by atoms with Crippen molar-refractivity contribution in [1.82, 2.24) is 9.27 Å². The molecule has 2 unspecified atom stereocenters. The van der Waals surface area contributed by atoms with Gasteiger partial charge in [0.05, 0.1) is 10.1 Å². The van der Waals surface area contributed by atoms with Gasteiger partial charge < -0.3 is 5.32 Å². The lowest BCUT2D eigenvalue weighted by Crippen LogP contribution is -2.39. The quantitative estimate of drug-likeness (QED) is 0.733. The Balaban J connectivity index is 1.63. The molecule has 2 aromatic carbocycles. The highest BCUT2D eigenvalue weighted by Gasteiger charge is 2.20. The molecule has 1 aromatic heterocycles. The van der Waals surface area contributed by atoms with E-state index in [1.165, 1.54) is 17.1 Å². The molecule has 1 amide bonds. The Morgan fingerprint density at radius 2 is 1.76 bits per heavy atom. The molecule has 0 aliphatic rings. The Hall–Kier alpha value is -2.40. The summed E-state index contributed by atoms with van der Waals surface area (Å²) in [6.45, 7) is 3.78. The number of benzene rings is 2. The molecular formula is C20H22N2O2S. The summed E-state index contributed by atoms with van der Waals surface area (Å²) in [5.41, 5.74) is 1.16. The lowest BCUT2D eigenvalue weighted by molar-refractivity contribution is -0.124. The van der Waals surface area contributed by atoms with Gasteiger partial charge in [-0.2, -0.15) is 0 Å². The van der Waals surface area contributed by atoms with Gasteiger partial charge >= 0.3 is 0 Å². The molecule has 3 rings (SSSR count). The normalized spacial score (nSPS) is 13.5. The van der Waals surface area contributed by atoms with E-state index in [-0.39, 0.29) is 17.5 Å². The van der Waals surface area contributed by atoms with Crippen LogP contribution in [0.25, 0.3) is 10.1 Å². The molecule has 0 saturated carbocycles. The highest BCUT2D eigenvalue weighted by molar-refractivity contribution is 7.14. The maximum Gasteiger partial charge on any atom is 0.269 e. The minimum absolute atomic E-state index is 0.0558. The first-order chi connectivity index (χ1) is 12.1. The second kappa shape index (κ2) is 7.66. The zero-order chi connectivity index (χ0) is 17.8. The third kappa shape index (κ3) is 3.99. The molecule has 1 N–H and O–H groups in total. The molecule has 0 bridgehead atoms. The highest BCUT2D eigenvalue weighted by atomic mass is 32.1. The zero-order valence-corrected chi connectivity index (χ0v) is 15.3. The van der Waals surface area contributed by atoms with Crippen molar-refractivity contribution in [3.05, 3.63) is 70.5 Å². The second-order valence-electron chi connectivity index (χ2n) is 6.33. The molecule has 0 aliphatic heterocycles. The van der Waals surface area contributed by atoms with E-state index in [2.05, 4.69) is 17.4 Å². The number of aryl methyl sites for hydroxylation is 1. The van der Waals surface area contributed by atoms with Gasteiger partial charge in [0.15, 0.2) is 0 Å². The van der Waals surface area contributed by atoms with E-state index < -0.39 is 6.04 Å². The predicted molar refractivity (Wildman–Crippen MR) is 103 cm³/mol. The predicted octanol–water partition coefficient (Wildman–Crippen LogP) is 3.76. The molecule has 0 aliphatic carbocycles. The van der Waals surface area contributed by atoms with Crippen molar-refractivity contribution in [2.45, 2.75) is 38.8 Å². The van der Waals surface area contributed by atoms with Gasteiger partial charge in [-0.05, 0) is 44.4 Å². The molecule has 3 aromatic rings. The van der Waals surface area contributed by atoms with Crippen LogP contribution in [0.2, 0.25) is 0 Å². The van der Waals surface area contributed by atoms with Crippen molar-refractivity contribution in [3.8, 4) is 0 Å². The molecular weight excluding hydrogens is 332 g/mol. The van der Waals surface area contributed by atoms with Gasteiger partial charge in [-0.25, -0.2) is 0 Å². The van der Waals surface area contributed by atoms with Gasteiger partial charge in [-0.1, -0.05) is 54.0 Å². The van der Waals surface area contributed by atoms with E-state index in [9.17, 15) is 9.59 Å². The largest absolute Gasteiger partial charge is 0.352 e. The van der Waals surface area contributed by atoms with Crippen molar-refractivity contribution in [2.24, 2.45) is 0 Å². The summed E-state index contributed by atoms with van der Waals surface area (Å²) < 4.78 is 2.47. The monoisotopic (exact) mass is 354 g/mol. The average Bonchev–Trinajstić information content (AvgIpc) is 2.97. The Morgan fingerprint density at radius 3 is 2.48 bits per heavy atom. The van der Waals surface area contributed by atoms with Crippen molar-refractivity contribution in [3.63, 3.8) is 0 Å². The number of hydrogen-bond donors (Lipinski definition) is 1. The van der Waals surface area contributed by atoms with E-state index in [0.29, 0.717) is 5.39 Å². The zero-order valence-electron chi connectivity index (χ0n) is 14.4. The number of carbonyl (C=O) groups is 1. The summed E-state index contributed by atoms with van der Waals surface area (Å²) >= 11 is 1.34. The fraction of sp³-hybridized carbons (Fsp3) is 0.300. The fourth-order valence-corrected chi connectivity index (χ4v) is 3.85. The molecule has 25 heavy (non-hydrogen) atoms. The van der Waals surface area contributed by atoms with Crippen LogP contribution < -0.4 is 10.9 Å². The van der Waals surface area contributed by atoms with Gasteiger partial charge in [0, 0.05) is 6.04 Å². The van der Waals surface area contributed by atoms with Crippen LogP contribution >= 0.6 is 11.5 Å². The Bertz CT molecular complexity index is 914. The number of nitrogens with one attached hydrogen (secondary N) is 1. The van der Waals surface area contributed by atoms with Crippen LogP contribution in [-0.2, 0) is 11.2 Å². The van der Waals surface area contributed by atoms with E-state index in [1.54, 1.807) is 16.9 Å². The number of rotatable bonds is 6. The molecule has 5 heteroatoms. The second-order valence-corrected chi connectivity index (χ2v) is 7.34. The fourth-order valence-electron chi connectivity index (χ4n) is 2.81. The van der Waals surface area contributed by atoms with Crippen LogP contribution in [0.1, 0.15) is 31.9 Å². The standard InChI is InChI=1S/C20H22N2O2S/c1-14(12-13-16-8-4-3-5-9-16)21-19(23)15(2)22-20(24)17-10-6-7-11-18(17)25-22/h3-11,14-15H,12-13H2,1-2H3,(H,21,23). The smallest absolute Gasteiger partial charge is 0.269 e. The van der Waals surface area contributed by atoms with E-state index in [4.69, 9.17) is 0 Å². The van der Waals surface area contributed by atoms with Gasteiger partial charge in [0.2, 0.25) is 5.91 Å². The highest BCUT2D eigenvalue weighted by Crippen LogP contribution is 2.19. The summed E-state index contributed by atoms with van der Waals surface area (Å²) in [6.07, 6.45) is 1.78. The number of aromatic nitrogens is 1.